The van der Waals surface area contributed by atoms with E-state index < -0.39 is 0 Å². The van der Waals surface area contributed by atoms with Crippen LogP contribution in [0.2, 0.25) is 0 Å². The Morgan fingerprint density at radius 3 is 2.81 bits per heavy atom. The number of carbonyl (C=O) groups is 1. The van der Waals surface area contributed by atoms with Gasteiger partial charge in [0.2, 0.25) is 0 Å². The summed E-state index contributed by atoms with van der Waals surface area (Å²) >= 11 is 0. The van der Waals surface area contributed by atoms with E-state index in [1.165, 1.54) is 0 Å². The monoisotopic (exact) mass is 438 g/mol. The van der Waals surface area contributed by atoms with Crippen LogP contribution in [0.15, 0.2) is 53.1 Å². The van der Waals surface area contributed by atoms with Crippen molar-refractivity contribution in [3.8, 4) is 17.1 Å². The van der Waals surface area contributed by atoms with Crippen LogP contribution in [0.25, 0.3) is 11.3 Å². The van der Waals surface area contributed by atoms with Gasteiger partial charge in [0.15, 0.2) is 5.76 Å². The van der Waals surface area contributed by atoms with Gasteiger partial charge >= 0.3 is 6.03 Å². The van der Waals surface area contributed by atoms with Gasteiger partial charge < -0.3 is 29.6 Å². The first kappa shape index (κ1) is 21.7. The third-order valence-corrected chi connectivity index (χ3v) is 4.88. The van der Waals surface area contributed by atoms with Crippen molar-refractivity contribution in [3.05, 3.63) is 54.2 Å². The number of urea groups is 1. The largest absolute Gasteiger partial charge is 0.491 e. The maximum atomic E-state index is 11.8. The highest BCUT2D eigenvalue weighted by molar-refractivity contribution is 5.94. The van der Waals surface area contributed by atoms with Crippen molar-refractivity contribution in [1.29, 1.82) is 0 Å². The van der Waals surface area contributed by atoms with Crippen molar-refractivity contribution in [2.75, 3.05) is 43.1 Å². The fourth-order valence-electron chi connectivity index (χ4n) is 3.40. The number of rotatable bonds is 10. The highest BCUT2D eigenvalue weighted by atomic mass is 16.5. The quantitative estimate of drug-likeness (QED) is 0.444. The van der Waals surface area contributed by atoms with Gasteiger partial charge in [-0.3, -0.25) is 4.90 Å². The second kappa shape index (κ2) is 10.2. The molecule has 0 atom stereocenters. The van der Waals surface area contributed by atoms with Gasteiger partial charge in [0, 0.05) is 42.7 Å². The predicted molar refractivity (Wildman–Crippen MR) is 120 cm³/mol. The summed E-state index contributed by atoms with van der Waals surface area (Å²) in [4.78, 5) is 17.8. The molecule has 0 saturated carbocycles. The van der Waals surface area contributed by atoms with E-state index in [9.17, 15) is 4.79 Å². The summed E-state index contributed by atoms with van der Waals surface area (Å²) in [5.41, 5.74) is 3.35. The zero-order chi connectivity index (χ0) is 22.3. The van der Waals surface area contributed by atoms with Gasteiger partial charge in [0.1, 0.15) is 12.4 Å². The molecule has 2 amide bonds. The lowest BCUT2D eigenvalue weighted by molar-refractivity contribution is 0.133. The van der Waals surface area contributed by atoms with E-state index in [0.29, 0.717) is 43.8 Å². The minimum atomic E-state index is -0.0854. The third kappa shape index (κ3) is 5.19. The summed E-state index contributed by atoms with van der Waals surface area (Å²) < 4.78 is 16.9. The molecule has 2 aromatic carbocycles. The Morgan fingerprint density at radius 1 is 1.25 bits per heavy atom. The second-order valence-electron chi connectivity index (χ2n) is 7.16. The number of amides is 2. The van der Waals surface area contributed by atoms with Gasteiger partial charge in [0.25, 0.3) is 6.01 Å². The topological polar surface area (TPSA) is 109 Å². The maximum Gasteiger partial charge on any atom is 0.321 e. The Hall–Kier alpha value is -3.56. The summed E-state index contributed by atoms with van der Waals surface area (Å²) in [7, 11) is 0. The Bertz CT molecular complexity index is 1020. The standard InChI is InChI=1S/C23H26N4O5/c1-2-30-15-16-11-18(13-20(12-16)31-10-9-28)26-22-25-14-21(32-22)17-3-5-19(6-4-17)27-8-7-24-23(27)29/h3-6,11-14,28H,2,7-10,15H2,1H3,(H,24,29)(H,25,26). The molecule has 168 valence electrons. The van der Waals surface area contributed by atoms with Crippen LogP contribution in [-0.4, -0.2) is 49.0 Å². The lowest BCUT2D eigenvalue weighted by Crippen LogP contribution is -2.27. The summed E-state index contributed by atoms with van der Waals surface area (Å²) in [5, 5.41) is 15.0. The number of aromatic nitrogens is 1. The van der Waals surface area contributed by atoms with E-state index in [-0.39, 0.29) is 19.2 Å². The third-order valence-electron chi connectivity index (χ3n) is 4.88. The van der Waals surface area contributed by atoms with E-state index in [2.05, 4.69) is 15.6 Å². The van der Waals surface area contributed by atoms with Crippen molar-refractivity contribution < 1.29 is 23.8 Å². The summed E-state index contributed by atoms with van der Waals surface area (Å²) in [6.45, 7) is 4.43. The van der Waals surface area contributed by atoms with Crippen LogP contribution in [0.3, 0.4) is 0 Å². The van der Waals surface area contributed by atoms with Gasteiger partial charge in [0.05, 0.1) is 19.4 Å². The van der Waals surface area contributed by atoms with E-state index in [0.717, 1.165) is 22.5 Å². The number of nitrogens with zero attached hydrogens (tertiary/aromatic N) is 2. The van der Waals surface area contributed by atoms with Crippen molar-refractivity contribution >= 4 is 23.4 Å². The first-order valence-corrected chi connectivity index (χ1v) is 10.5. The fraction of sp³-hybridized carbons (Fsp3) is 0.304. The van der Waals surface area contributed by atoms with Crippen molar-refractivity contribution in [1.82, 2.24) is 10.3 Å². The van der Waals surface area contributed by atoms with Crippen molar-refractivity contribution in [3.63, 3.8) is 0 Å². The number of carbonyl (C=O) groups excluding carboxylic acids is 1. The number of nitrogens with one attached hydrogen (secondary N) is 2. The lowest BCUT2D eigenvalue weighted by Gasteiger charge is -2.14. The highest BCUT2D eigenvalue weighted by Gasteiger charge is 2.21. The maximum absolute atomic E-state index is 11.8. The molecule has 4 rings (SSSR count). The molecule has 0 spiro atoms. The average molecular weight is 438 g/mol. The second-order valence-corrected chi connectivity index (χ2v) is 7.16. The van der Waals surface area contributed by atoms with Gasteiger partial charge in [-0.1, -0.05) is 0 Å². The van der Waals surface area contributed by atoms with E-state index >= 15 is 0 Å². The van der Waals surface area contributed by atoms with Crippen LogP contribution in [0.5, 0.6) is 5.75 Å². The number of oxazole rings is 1. The molecule has 1 fully saturated rings. The molecular weight excluding hydrogens is 412 g/mol. The highest BCUT2D eigenvalue weighted by Crippen LogP contribution is 2.29. The van der Waals surface area contributed by atoms with Crippen LogP contribution in [0.4, 0.5) is 22.2 Å². The summed E-state index contributed by atoms with van der Waals surface area (Å²) in [5.74, 6) is 1.22. The van der Waals surface area contributed by atoms with Gasteiger partial charge in [-0.15, -0.1) is 0 Å². The normalized spacial score (nSPS) is 13.3. The molecule has 9 nitrogen and oxygen atoms in total. The van der Waals surface area contributed by atoms with Crippen molar-refractivity contribution in [2.45, 2.75) is 13.5 Å². The molecular formula is C23H26N4O5. The molecule has 3 N–H and O–H groups in total. The zero-order valence-corrected chi connectivity index (χ0v) is 17.8. The molecule has 32 heavy (non-hydrogen) atoms. The first-order chi connectivity index (χ1) is 15.7. The number of hydrogen-bond donors (Lipinski definition) is 3. The fourth-order valence-corrected chi connectivity index (χ4v) is 3.40. The number of aliphatic hydroxyl groups excluding tert-OH is 1. The number of hydrogen-bond acceptors (Lipinski definition) is 7. The predicted octanol–water partition coefficient (Wildman–Crippen LogP) is 3.52. The molecule has 1 aliphatic heterocycles. The van der Waals surface area contributed by atoms with Crippen LogP contribution >= 0.6 is 0 Å². The Labute approximate surface area is 186 Å². The van der Waals surface area contributed by atoms with Crippen LogP contribution in [0, 0.1) is 0 Å². The van der Waals surface area contributed by atoms with E-state index in [1.54, 1.807) is 11.1 Å². The summed E-state index contributed by atoms with van der Waals surface area (Å²) in [6.07, 6.45) is 1.65. The molecule has 1 aromatic heterocycles. The van der Waals surface area contributed by atoms with Gasteiger partial charge in [-0.05, 0) is 48.9 Å². The molecule has 1 saturated heterocycles. The lowest BCUT2D eigenvalue weighted by atomic mass is 10.1. The molecule has 1 aliphatic rings. The van der Waals surface area contributed by atoms with Gasteiger partial charge in [-0.2, -0.15) is 0 Å². The Balaban J connectivity index is 1.48. The first-order valence-electron chi connectivity index (χ1n) is 10.5. The summed E-state index contributed by atoms with van der Waals surface area (Å²) in [6, 6.07) is 13.4. The minimum absolute atomic E-state index is 0.0667. The molecule has 0 unspecified atom stereocenters. The molecule has 0 bridgehead atoms. The molecule has 0 aliphatic carbocycles. The molecule has 3 aromatic rings. The van der Waals surface area contributed by atoms with Crippen LogP contribution < -0.4 is 20.3 Å². The zero-order valence-electron chi connectivity index (χ0n) is 17.8. The molecule has 0 radical (unpaired) electrons. The minimum Gasteiger partial charge on any atom is -0.491 e. The molecule has 2 heterocycles. The van der Waals surface area contributed by atoms with Crippen molar-refractivity contribution in [2.24, 2.45) is 0 Å². The Morgan fingerprint density at radius 2 is 2.09 bits per heavy atom. The van der Waals surface area contributed by atoms with Crippen LogP contribution in [0.1, 0.15) is 12.5 Å². The van der Waals surface area contributed by atoms with Crippen LogP contribution in [-0.2, 0) is 11.3 Å². The average Bonchev–Trinajstić information content (AvgIpc) is 3.45. The SMILES string of the molecule is CCOCc1cc(Nc2ncc(-c3ccc(N4CCNC4=O)cc3)o2)cc(OCCO)c1. The number of ether oxygens (including phenoxy) is 2. The molecule has 9 heteroatoms. The smallest absolute Gasteiger partial charge is 0.321 e. The van der Waals surface area contributed by atoms with Gasteiger partial charge in [-0.25, -0.2) is 9.78 Å². The number of aliphatic hydroxyl groups is 1. The van der Waals surface area contributed by atoms with E-state index in [4.69, 9.17) is 19.0 Å². The Kier molecular flexibility index (Phi) is 6.88. The number of anilines is 3. The number of benzene rings is 2. The van der Waals surface area contributed by atoms with E-state index in [1.807, 2.05) is 49.4 Å².